The summed E-state index contributed by atoms with van der Waals surface area (Å²) in [6, 6.07) is 3.78. The van der Waals surface area contributed by atoms with E-state index in [1.54, 1.807) is 6.07 Å². The average Bonchev–Trinajstić information content (AvgIpc) is 2.75. The molecule has 0 unspecified atom stereocenters. The Labute approximate surface area is 91.9 Å². The van der Waals surface area contributed by atoms with Crippen LogP contribution in [0.15, 0.2) is 12.1 Å². The van der Waals surface area contributed by atoms with Crippen molar-refractivity contribution in [3.63, 3.8) is 0 Å². The molecule has 0 amide bonds. The first kappa shape index (κ1) is 11.4. The minimum Gasteiger partial charge on any atom is -0.309 e. The normalized spacial score (nSPS) is 20.4. The molecule has 1 atom stereocenters. The van der Waals surface area contributed by atoms with E-state index in [0.717, 1.165) is 24.3 Å². The van der Waals surface area contributed by atoms with Gasteiger partial charge in [-0.1, -0.05) is 11.3 Å². The highest BCUT2D eigenvalue weighted by Crippen LogP contribution is 2.32. The number of hydrogen-bond acceptors (Lipinski definition) is 4. The van der Waals surface area contributed by atoms with Crippen molar-refractivity contribution in [2.45, 2.75) is 18.9 Å². The van der Waals surface area contributed by atoms with Crippen molar-refractivity contribution in [2.24, 2.45) is 0 Å². The third kappa shape index (κ3) is 2.23. The Morgan fingerprint density at radius 2 is 2.36 bits per heavy atom. The summed E-state index contributed by atoms with van der Waals surface area (Å²) in [5.41, 5.74) is 0. The summed E-state index contributed by atoms with van der Waals surface area (Å²) < 4.78 is 0. The zero-order valence-corrected chi connectivity index (χ0v) is 9.07. The number of nitrogens with zero attached hydrogens (tertiary/aromatic N) is 1. The highest BCUT2D eigenvalue weighted by atomic mass is 35.5. The van der Waals surface area contributed by atoms with E-state index in [-0.39, 0.29) is 22.3 Å². The van der Waals surface area contributed by atoms with E-state index in [1.165, 1.54) is 11.3 Å². The van der Waals surface area contributed by atoms with Gasteiger partial charge in [0.2, 0.25) is 0 Å². The van der Waals surface area contributed by atoms with Crippen molar-refractivity contribution < 1.29 is 4.92 Å². The minimum atomic E-state index is -0.330. The van der Waals surface area contributed by atoms with Crippen LogP contribution in [0.1, 0.15) is 23.8 Å². The molecule has 78 valence electrons. The number of hydrogen-bond donors (Lipinski definition) is 1. The first-order valence-electron chi connectivity index (χ1n) is 4.25. The topological polar surface area (TPSA) is 55.2 Å². The summed E-state index contributed by atoms with van der Waals surface area (Å²) in [6.07, 6.45) is 2.26. The van der Waals surface area contributed by atoms with Crippen LogP contribution in [0.2, 0.25) is 0 Å². The van der Waals surface area contributed by atoms with E-state index in [2.05, 4.69) is 5.32 Å². The van der Waals surface area contributed by atoms with E-state index in [4.69, 9.17) is 0 Å². The predicted octanol–water partition coefficient (Wildman–Crippen LogP) is 2.50. The average molecular weight is 235 g/mol. The SMILES string of the molecule is Cl.O=[N+]([O-])c1ccc([C@@H]2CCCN2)s1. The van der Waals surface area contributed by atoms with Crippen LogP contribution in [-0.2, 0) is 0 Å². The first-order valence-corrected chi connectivity index (χ1v) is 5.06. The van der Waals surface area contributed by atoms with Gasteiger partial charge < -0.3 is 5.32 Å². The molecule has 1 aromatic rings. The molecule has 0 radical (unpaired) electrons. The number of rotatable bonds is 2. The lowest BCUT2D eigenvalue weighted by molar-refractivity contribution is -0.380. The highest BCUT2D eigenvalue weighted by molar-refractivity contribution is 7.15. The molecule has 2 rings (SSSR count). The maximum atomic E-state index is 10.4. The van der Waals surface area contributed by atoms with Gasteiger partial charge in [0.1, 0.15) is 0 Å². The summed E-state index contributed by atoms with van der Waals surface area (Å²) in [4.78, 5) is 11.2. The van der Waals surface area contributed by atoms with Crippen LogP contribution in [0.4, 0.5) is 5.00 Å². The van der Waals surface area contributed by atoms with E-state index < -0.39 is 0 Å². The molecule has 0 aliphatic carbocycles. The molecule has 14 heavy (non-hydrogen) atoms. The van der Waals surface area contributed by atoms with Gasteiger partial charge in [0.25, 0.3) is 0 Å². The number of nitrogens with one attached hydrogen (secondary N) is 1. The van der Waals surface area contributed by atoms with Gasteiger partial charge in [0.15, 0.2) is 0 Å². The van der Waals surface area contributed by atoms with Crippen LogP contribution < -0.4 is 5.32 Å². The monoisotopic (exact) mass is 234 g/mol. The van der Waals surface area contributed by atoms with E-state index in [1.807, 2.05) is 6.07 Å². The molecule has 1 aliphatic heterocycles. The summed E-state index contributed by atoms with van der Waals surface area (Å²) >= 11 is 1.28. The molecule has 1 saturated heterocycles. The second kappa shape index (κ2) is 4.72. The fourth-order valence-corrected chi connectivity index (χ4v) is 2.49. The number of nitro groups is 1. The second-order valence-corrected chi connectivity index (χ2v) is 4.18. The predicted molar refractivity (Wildman–Crippen MR) is 58.2 cm³/mol. The molecule has 1 aromatic heterocycles. The maximum absolute atomic E-state index is 10.4. The Morgan fingerprint density at radius 1 is 1.57 bits per heavy atom. The second-order valence-electron chi connectivity index (χ2n) is 3.08. The van der Waals surface area contributed by atoms with Crippen molar-refractivity contribution >= 4 is 28.7 Å². The molecule has 0 saturated carbocycles. The molecular formula is C8H11ClN2O2S. The van der Waals surface area contributed by atoms with Crippen LogP contribution in [0, 0.1) is 10.1 Å². The number of thiophene rings is 1. The summed E-state index contributed by atoms with van der Waals surface area (Å²) in [6.45, 7) is 1.02. The van der Waals surface area contributed by atoms with Crippen LogP contribution in [0.3, 0.4) is 0 Å². The molecule has 2 heterocycles. The summed E-state index contributed by atoms with van der Waals surface area (Å²) in [5, 5.41) is 14.0. The molecule has 1 aliphatic rings. The van der Waals surface area contributed by atoms with Gasteiger partial charge in [-0.15, -0.1) is 12.4 Å². The van der Waals surface area contributed by atoms with Gasteiger partial charge in [-0.2, -0.15) is 0 Å². The first-order chi connectivity index (χ1) is 6.27. The van der Waals surface area contributed by atoms with E-state index >= 15 is 0 Å². The smallest absolute Gasteiger partial charge is 0.309 e. The third-order valence-corrected chi connectivity index (χ3v) is 3.35. The minimum absolute atomic E-state index is 0. The van der Waals surface area contributed by atoms with Crippen molar-refractivity contribution in [1.29, 1.82) is 0 Å². The number of halogens is 1. The lowest BCUT2D eigenvalue weighted by Crippen LogP contribution is -2.11. The summed E-state index contributed by atoms with van der Waals surface area (Å²) in [7, 11) is 0. The Kier molecular flexibility index (Phi) is 3.86. The molecular weight excluding hydrogens is 224 g/mol. The summed E-state index contributed by atoms with van der Waals surface area (Å²) in [5.74, 6) is 0. The maximum Gasteiger partial charge on any atom is 0.324 e. The standard InChI is InChI=1S/C8H10N2O2S.ClH/c11-10(12)8-4-3-7(13-8)6-2-1-5-9-6;/h3-4,6,9H,1-2,5H2;1H/t6-;/m0./s1. The van der Waals surface area contributed by atoms with Gasteiger partial charge >= 0.3 is 5.00 Å². The van der Waals surface area contributed by atoms with Crippen molar-refractivity contribution in [3.8, 4) is 0 Å². The van der Waals surface area contributed by atoms with Crippen LogP contribution >= 0.6 is 23.7 Å². The zero-order valence-electron chi connectivity index (χ0n) is 7.43. The van der Waals surface area contributed by atoms with Gasteiger partial charge in [-0.3, -0.25) is 10.1 Å². The molecule has 1 fully saturated rings. The molecule has 0 aromatic carbocycles. The van der Waals surface area contributed by atoms with Crippen molar-refractivity contribution in [3.05, 3.63) is 27.1 Å². The van der Waals surface area contributed by atoms with Gasteiger partial charge in [0.05, 0.1) is 4.92 Å². The Balaban J connectivity index is 0.000000980. The Bertz CT molecular complexity index is 323. The van der Waals surface area contributed by atoms with E-state index in [0.29, 0.717) is 6.04 Å². The Hall–Kier alpha value is -0.650. The van der Waals surface area contributed by atoms with Crippen molar-refractivity contribution in [1.82, 2.24) is 5.32 Å². The van der Waals surface area contributed by atoms with E-state index in [9.17, 15) is 10.1 Å². The fraction of sp³-hybridized carbons (Fsp3) is 0.500. The van der Waals surface area contributed by atoms with Crippen LogP contribution in [-0.4, -0.2) is 11.5 Å². The third-order valence-electron chi connectivity index (χ3n) is 2.20. The molecule has 4 nitrogen and oxygen atoms in total. The zero-order chi connectivity index (χ0) is 9.26. The largest absolute Gasteiger partial charge is 0.324 e. The van der Waals surface area contributed by atoms with Gasteiger partial charge in [-0.25, -0.2) is 0 Å². The lowest BCUT2D eigenvalue weighted by atomic mass is 10.2. The highest BCUT2D eigenvalue weighted by Gasteiger charge is 2.20. The lowest BCUT2D eigenvalue weighted by Gasteiger charge is -2.04. The van der Waals surface area contributed by atoms with Gasteiger partial charge in [0, 0.05) is 17.0 Å². The van der Waals surface area contributed by atoms with Gasteiger partial charge in [-0.05, 0) is 25.5 Å². The van der Waals surface area contributed by atoms with Crippen molar-refractivity contribution in [2.75, 3.05) is 6.54 Å². The molecule has 0 bridgehead atoms. The molecule has 6 heteroatoms. The van der Waals surface area contributed by atoms with Crippen LogP contribution in [0.25, 0.3) is 0 Å². The quantitative estimate of drug-likeness (QED) is 0.632. The fourth-order valence-electron chi connectivity index (χ4n) is 1.56. The molecule has 0 spiro atoms. The van der Waals surface area contributed by atoms with Crippen LogP contribution in [0.5, 0.6) is 0 Å². The molecule has 1 N–H and O–H groups in total. The Morgan fingerprint density at radius 3 is 2.86 bits per heavy atom.